The molecule has 4 aliphatic rings. The fourth-order valence-electron chi connectivity index (χ4n) is 6.01. The molecule has 1 N–H and O–H groups in total. The van der Waals surface area contributed by atoms with Crippen LogP contribution in [0.25, 0.3) is 0 Å². The molecule has 1 atom stereocenters. The number of rotatable bonds is 2. The first-order valence-corrected chi connectivity index (χ1v) is 11.2. The Labute approximate surface area is 168 Å². The topological polar surface area (TPSA) is 61.7 Å². The zero-order valence-corrected chi connectivity index (χ0v) is 17.2. The van der Waals surface area contributed by atoms with Gasteiger partial charge in [-0.3, -0.25) is 4.90 Å². The van der Waals surface area contributed by atoms with E-state index >= 15 is 0 Å². The van der Waals surface area contributed by atoms with Crippen LogP contribution in [0.2, 0.25) is 0 Å². The van der Waals surface area contributed by atoms with Crippen LogP contribution in [0.4, 0.5) is 5.95 Å². The highest BCUT2D eigenvalue weighted by Crippen LogP contribution is 2.42. The van der Waals surface area contributed by atoms with Gasteiger partial charge in [0, 0.05) is 56.8 Å². The van der Waals surface area contributed by atoms with Gasteiger partial charge in [-0.1, -0.05) is 0 Å². The molecule has 0 amide bonds. The van der Waals surface area contributed by atoms with Gasteiger partial charge in [-0.05, 0) is 69.3 Å². The number of ether oxygens (including phenoxy) is 1. The zero-order valence-electron chi connectivity index (χ0n) is 17.2. The van der Waals surface area contributed by atoms with Gasteiger partial charge in [0.2, 0.25) is 5.95 Å². The Morgan fingerprint density at radius 3 is 2.68 bits per heavy atom. The predicted octanol–water partition coefficient (Wildman–Crippen LogP) is 2.11. The summed E-state index contributed by atoms with van der Waals surface area (Å²) >= 11 is 0. The van der Waals surface area contributed by atoms with Gasteiger partial charge >= 0.3 is 0 Å². The van der Waals surface area contributed by atoms with Crippen molar-refractivity contribution in [1.29, 1.82) is 0 Å². The van der Waals surface area contributed by atoms with Gasteiger partial charge in [0.15, 0.2) is 0 Å². The molecule has 3 fully saturated rings. The maximum Gasteiger partial charge on any atom is 0.225 e. The van der Waals surface area contributed by atoms with E-state index in [-0.39, 0.29) is 11.5 Å². The number of fused-ring (bicyclic) bond motifs is 1. The first kappa shape index (κ1) is 18.8. The summed E-state index contributed by atoms with van der Waals surface area (Å²) in [5.41, 5.74) is 4.09. The van der Waals surface area contributed by atoms with Crippen LogP contribution in [0.15, 0.2) is 0 Å². The molecule has 3 saturated heterocycles. The van der Waals surface area contributed by atoms with E-state index < -0.39 is 0 Å². The van der Waals surface area contributed by atoms with Crippen molar-refractivity contribution in [3.05, 3.63) is 17.0 Å². The molecule has 0 bridgehead atoms. The minimum atomic E-state index is -0.193. The average Bonchev–Trinajstić information content (AvgIpc) is 3.18. The summed E-state index contributed by atoms with van der Waals surface area (Å²) in [6.07, 6.45) is 8.70. The number of aliphatic hydroxyl groups is 1. The highest BCUT2D eigenvalue weighted by atomic mass is 16.5. The van der Waals surface area contributed by atoms with E-state index in [9.17, 15) is 5.11 Å². The lowest BCUT2D eigenvalue weighted by Crippen LogP contribution is -2.57. The van der Waals surface area contributed by atoms with Crippen LogP contribution in [-0.2, 0) is 17.6 Å². The molecule has 4 heterocycles. The minimum absolute atomic E-state index is 0.193. The predicted molar refractivity (Wildman–Crippen MR) is 109 cm³/mol. The molecule has 3 aliphatic heterocycles. The van der Waals surface area contributed by atoms with E-state index in [0.29, 0.717) is 6.04 Å². The molecule has 1 unspecified atom stereocenters. The Hall–Kier alpha value is -1.24. The highest BCUT2D eigenvalue weighted by Gasteiger charge is 2.43. The van der Waals surface area contributed by atoms with E-state index in [1.807, 2.05) is 0 Å². The van der Waals surface area contributed by atoms with E-state index in [1.165, 1.54) is 23.4 Å². The fraction of sp³-hybridized carbons (Fsp3) is 0.818. The zero-order chi connectivity index (χ0) is 19.1. The van der Waals surface area contributed by atoms with Crippen molar-refractivity contribution in [3.63, 3.8) is 0 Å². The van der Waals surface area contributed by atoms with Crippen molar-refractivity contribution >= 4 is 5.95 Å². The van der Waals surface area contributed by atoms with E-state index in [4.69, 9.17) is 14.7 Å². The van der Waals surface area contributed by atoms with Crippen molar-refractivity contribution < 1.29 is 9.84 Å². The number of aryl methyl sites for hydroxylation is 2. The SMILES string of the molecule is Cc1nc(N2CCC3(CC2)CC(O)CN(C2CCOCC2)C3)nc2c1CCC2. The third kappa shape index (κ3) is 3.55. The molecule has 1 aromatic heterocycles. The van der Waals surface area contributed by atoms with Crippen LogP contribution in [0.1, 0.15) is 55.5 Å². The number of piperidine rings is 2. The molecule has 1 aromatic rings. The Balaban J connectivity index is 1.27. The van der Waals surface area contributed by atoms with Crippen LogP contribution in [-0.4, -0.2) is 71.5 Å². The lowest BCUT2D eigenvalue weighted by atomic mass is 9.71. The molecule has 0 saturated carbocycles. The van der Waals surface area contributed by atoms with Crippen LogP contribution in [0.3, 0.4) is 0 Å². The Morgan fingerprint density at radius 2 is 1.89 bits per heavy atom. The number of hydrogen-bond donors (Lipinski definition) is 1. The highest BCUT2D eigenvalue weighted by molar-refractivity contribution is 5.39. The second-order valence-corrected chi connectivity index (χ2v) is 9.51. The molecule has 1 spiro atoms. The van der Waals surface area contributed by atoms with Gasteiger partial charge in [0.1, 0.15) is 0 Å². The first-order valence-electron chi connectivity index (χ1n) is 11.2. The molecule has 154 valence electrons. The van der Waals surface area contributed by atoms with Gasteiger partial charge in [-0.25, -0.2) is 9.97 Å². The van der Waals surface area contributed by atoms with Crippen LogP contribution >= 0.6 is 0 Å². The lowest BCUT2D eigenvalue weighted by molar-refractivity contribution is -0.0602. The summed E-state index contributed by atoms with van der Waals surface area (Å²) < 4.78 is 5.55. The fourth-order valence-corrected chi connectivity index (χ4v) is 6.01. The normalized spacial score (nSPS) is 28.6. The second kappa shape index (κ2) is 7.54. The summed E-state index contributed by atoms with van der Waals surface area (Å²) in [6.45, 7) is 7.86. The maximum atomic E-state index is 10.6. The molecule has 1 aliphatic carbocycles. The molecular formula is C22H34N4O2. The average molecular weight is 387 g/mol. The van der Waals surface area contributed by atoms with E-state index in [1.54, 1.807) is 0 Å². The number of hydrogen-bond acceptors (Lipinski definition) is 6. The number of β-amino-alcohol motifs (C(OH)–C–C–N with tert-alkyl or cyclic N) is 1. The smallest absolute Gasteiger partial charge is 0.225 e. The molecule has 0 aromatic carbocycles. The first-order chi connectivity index (χ1) is 13.6. The van der Waals surface area contributed by atoms with Crippen LogP contribution in [0, 0.1) is 12.3 Å². The number of likely N-dealkylation sites (tertiary alicyclic amines) is 1. The summed E-state index contributed by atoms with van der Waals surface area (Å²) in [5, 5.41) is 10.6. The summed E-state index contributed by atoms with van der Waals surface area (Å²) in [4.78, 5) is 14.7. The second-order valence-electron chi connectivity index (χ2n) is 9.51. The van der Waals surface area contributed by atoms with Crippen molar-refractivity contribution in [3.8, 4) is 0 Å². The summed E-state index contributed by atoms with van der Waals surface area (Å²) in [7, 11) is 0. The number of nitrogens with zero attached hydrogens (tertiary/aromatic N) is 4. The third-order valence-corrected chi connectivity index (χ3v) is 7.59. The molecule has 6 heteroatoms. The molecule has 0 radical (unpaired) electrons. The van der Waals surface area contributed by atoms with Gasteiger partial charge in [-0.2, -0.15) is 0 Å². The van der Waals surface area contributed by atoms with Crippen LogP contribution in [0.5, 0.6) is 0 Å². The number of aliphatic hydroxyl groups excluding tert-OH is 1. The van der Waals surface area contributed by atoms with Crippen molar-refractivity contribution in [2.24, 2.45) is 5.41 Å². The number of anilines is 1. The summed E-state index contributed by atoms with van der Waals surface area (Å²) in [6, 6.07) is 0.585. The van der Waals surface area contributed by atoms with E-state index in [0.717, 1.165) is 90.3 Å². The Bertz CT molecular complexity index is 711. The van der Waals surface area contributed by atoms with E-state index in [2.05, 4.69) is 16.7 Å². The van der Waals surface area contributed by atoms with Gasteiger partial charge < -0.3 is 14.7 Å². The van der Waals surface area contributed by atoms with Gasteiger partial charge in [0.05, 0.1) is 6.10 Å². The van der Waals surface area contributed by atoms with Gasteiger partial charge in [0.25, 0.3) is 0 Å². The quantitative estimate of drug-likeness (QED) is 0.840. The molecular weight excluding hydrogens is 352 g/mol. The van der Waals surface area contributed by atoms with Crippen molar-refractivity contribution in [2.75, 3.05) is 44.3 Å². The number of aromatic nitrogens is 2. The summed E-state index contributed by atoms with van der Waals surface area (Å²) in [5.74, 6) is 0.936. The largest absolute Gasteiger partial charge is 0.392 e. The monoisotopic (exact) mass is 386 g/mol. The molecule has 28 heavy (non-hydrogen) atoms. The lowest BCUT2D eigenvalue weighted by Gasteiger charge is -2.51. The van der Waals surface area contributed by atoms with Crippen molar-refractivity contribution in [2.45, 2.75) is 70.4 Å². The Kier molecular flexibility index (Phi) is 5.06. The van der Waals surface area contributed by atoms with Crippen molar-refractivity contribution in [1.82, 2.24) is 14.9 Å². The third-order valence-electron chi connectivity index (χ3n) is 7.59. The van der Waals surface area contributed by atoms with Gasteiger partial charge in [-0.15, -0.1) is 0 Å². The molecule has 6 nitrogen and oxygen atoms in total. The van der Waals surface area contributed by atoms with Crippen LogP contribution < -0.4 is 4.90 Å². The molecule has 5 rings (SSSR count). The maximum absolute atomic E-state index is 10.6. The standard InChI is InChI=1S/C22H34N4O2/c1-16-19-3-2-4-20(19)24-21(23-16)25-9-7-22(8-10-25)13-18(27)14-26(15-22)17-5-11-28-12-6-17/h17-18,27H,2-15H2,1H3. The minimum Gasteiger partial charge on any atom is -0.392 e. The Morgan fingerprint density at radius 1 is 1.11 bits per heavy atom.